The van der Waals surface area contributed by atoms with Gasteiger partial charge < -0.3 is 10.0 Å². The molecule has 0 aliphatic heterocycles. The first-order valence-electron chi connectivity index (χ1n) is 7.31. The zero-order chi connectivity index (χ0) is 14.2. The van der Waals surface area contributed by atoms with E-state index in [1.165, 1.54) is 11.3 Å². The number of aliphatic hydroxyl groups excluding tert-OH is 1. The van der Waals surface area contributed by atoms with Crippen molar-refractivity contribution in [3.05, 3.63) is 66.2 Å². The highest BCUT2D eigenvalue weighted by Crippen LogP contribution is 2.20. The van der Waals surface area contributed by atoms with Crippen molar-refractivity contribution in [2.45, 2.75) is 25.8 Å². The summed E-state index contributed by atoms with van der Waals surface area (Å²) < 4.78 is 0. The van der Waals surface area contributed by atoms with Crippen molar-refractivity contribution in [1.29, 1.82) is 0 Å². The van der Waals surface area contributed by atoms with Crippen LogP contribution in [0.3, 0.4) is 0 Å². The molecule has 2 rings (SSSR count). The summed E-state index contributed by atoms with van der Waals surface area (Å²) in [7, 11) is 0. The molecule has 2 aromatic rings. The van der Waals surface area contributed by atoms with Gasteiger partial charge in [0.1, 0.15) is 0 Å². The molecule has 0 spiro atoms. The lowest BCUT2D eigenvalue weighted by molar-refractivity contribution is 0.296. The number of hydrogen-bond donors (Lipinski definition) is 1. The Morgan fingerprint density at radius 1 is 0.950 bits per heavy atom. The molecule has 2 heteroatoms. The van der Waals surface area contributed by atoms with Crippen LogP contribution >= 0.6 is 0 Å². The second-order valence-electron chi connectivity index (χ2n) is 5.00. The van der Waals surface area contributed by atoms with Gasteiger partial charge in [0.25, 0.3) is 0 Å². The topological polar surface area (TPSA) is 23.5 Å². The fourth-order valence-corrected chi connectivity index (χ4v) is 2.61. The van der Waals surface area contributed by atoms with Crippen LogP contribution in [0.25, 0.3) is 0 Å². The summed E-state index contributed by atoms with van der Waals surface area (Å²) in [5, 5.41) is 9.37. The van der Waals surface area contributed by atoms with Crippen LogP contribution in [0.4, 0.5) is 5.69 Å². The van der Waals surface area contributed by atoms with Crippen molar-refractivity contribution >= 4 is 5.69 Å². The lowest BCUT2D eigenvalue weighted by atomic mass is 10.0. The molecule has 1 N–H and O–H groups in total. The number of hydrogen-bond acceptors (Lipinski definition) is 2. The molecule has 0 saturated carbocycles. The smallest absolute Gasteiger partial charge is 0.0606 e. The second kappa shape index (κ2) is 7.71. The Kier molecular flexibility index (Phi) is 5.63. The number of para-hydroxylation sites is 1. The van der Waals surface area contributed by atoms with Gasteiger partial charge in [-0.05, 0) is 30.5 Å². The summed E-state index contributed by atoms with van der Waals surface area (Å²) in [6, 6.07) is 21.3. The maximum atomic E-state index is 9.37. The Hall–Kier alpha value is -1.80. The number of rotatable bonds is 7. The molecule has 0 saturated heterocycles. The van der Waals surface area contributed by atoms with Gasteiger partial charge in [-0.2, -0.15) is 0 Å². The van der Waals surface area contributed by atoms with Crippen molar-refractivity contribution in [2.24, 2.45) is 0 Å². The third kappa shape index (κ3) is 3.84. The largest absolute Gasteiger partial charge is 0.395 e. The normalized spacial score (nSPS) is 12.1. The van der Waals surface area contributed by atoms with Crippen molar-refractivity contribution in [2.75, 3.05) is 18.1 Å². The van der Waals surface area contributed by atoms with Crippen molar-refractivity contribution in [3.63, 3.8) is 0 Å². The molecule has 0 radical (unpaired) electrons. The Morgan fingerprint density at radius 2 is 1.55 bits per heavy atom. The van der Waals surface area contributed by atoms with Gasteiger partial charge in [-0.15, -0.1) is 0 Å². The van der Waals surface area contributed by atoms with Gasteiger partial charge in [0.2, 0.25) is 0 Å². The van der Waals surface area contributed by atoms with Crippen LogP contribution in [-0.4, -0.2) is 24.3 Å². The van der Waals surface area contributed by atoms with Gasteiger partial charge >= 0.3 is 0 Å². The molecule has 2 aromatic carbocycles. The van der Waals surface area contributed by atoms with E-state index in [4.69, 9.17) is 0 Å². The summed E-state index contributed by atoms with van der Waals surface area (Å²) in [5.41, 5.74) is 2.53. The highest BCUT2D eigenvalue weighted by atomic mass is 16.3. The maximum absolute atomic E-state index is 9.37. The van der Waals surface area contributed by atoms with E-state index in [9.17, 15) is 5.11 Å². The molecule has 1 unspecified atom stereocenters. The summed E-state index contributed by atoms with van der Waals surface area (Å²) in [5.74, 6) is 0. The van der Waals surface area contributed by atoms with E-state index in [0.29, 0.717) is 12.6 Å². The minimum absolute atomic E-state index is 0.181. The zero-order valence-corrected chi connectivity index (χ0v) is 12.1. The van der Waals surface area contributed by atoms with Gasteiger partial charge in [0.15, 0.2) is 0 Å². The summed E-state index contributed by atoms with van der Waals surface area (Å²) in [6.07, 6.45) is 2.07. The van der Waals surface area contributed by atoms with Crippen LogP contribution in [0, 0.1) is 0 Å². The summed E-state index contributed by atoms with van der Waals surface area (Å²) in [6.45, 7) is 3.07. The van der Waals surface area contributed by atoms with E-state index in [1.54, 1.807) is 0 Å². The molecule has 106 valence electrons. The molecule has 0 aliphatic rings. The molecule has 0 amide bonds. The number of anilines is 1. The van der Waals surface area contributed by atoms with Crippen LogP contribution in [-0.2, 0) is 6.42 Å². The number of benzene rings is 2. The first-order chi connectivity index (χ1) is 9.85. The summed E-state index contributed by atoms with van der Waals surface area (Å²) in [4.78, 5) is 2.31. The Balaban J connectivity index is 2.17. The van der Waals surface area contributed by atoms with Gasteiger partial charge in [-0.1, -0.05) is 55.5 Å². The highest BCUT2D eigenvalue weighted by molar-refractivity contribution is 5.47. The highest BCUT2D eigenvalue weighted by Gasteiger charge is 2.17. The predicted molar refractivity (Wildman–Crippen MR) is 85.1 cm³/mol. The molecular formula is C18H23NO. The van der Waals surface area contributed by atoms with Crippen molar-refractivity contribution in [3.8, 4) is 0 Å². The lowest BCUT2D eigenvalue weighted by Crippen LogP contribution is -2.38. The van der Waals surface area contributed by atoms with Crippen LogP contribution in [0.2, 0.25) is 0 Å². The monoisotopic (exact) mass is 269 g/mol. The molecule has 1 atom stereocenters. The van der Waals surface area contributed by atoms with E-state index in [-0.39, 0.29) is 6.61 Å². The van der Waals surface area contributed by atoms with Gasteiger partial charge in [0, 0.05) is 18.3 Å². The molecule has 0 fully saturated rings. The molecule has 0 aliphatic carbocycles. The molecule has 2 nitrogen and oxygen atoms in total. The minimum Gasteiger partial charge on any atom is -0.395 e. The summed E-state index contributed by atoms with van der Waals surface area (Å²) >= 11 is 0. The quantitative estimate of drug-likeness (QED) is 0.831. The first-order valence-corrected chi connectivity index (χ1v) is 7.31. The number of aliphatic hydroxyl groups is 1. The van der Waals surface area contributed by atoms with Crippen LogP contribution in [0.5, 0.6) is 0 Å². The van der Waals surface area contributed by atoms with E-state index >= 15 is 0 Å². The van der Waals surface area contributed by atoms with Gasteiger partial charge in [-0.3, -0.25) is 0 Å². The van der Waals surface area contributed by atoms with Crippen LogP contribution in [0.1, 0.15) is 18.9 Å². The van der Waals surface area contributed by atoms with E-state index < -0.39 is 0 Å². The van der Waals surface area contributed by atoms with E-state index in [0.717, 1.165) is 12.8 Å². The fourth-order valence-electron chi connectivity index (χ4n) is 2.61. The average Bonchev–Trinajstić information content (AvgIpc) is 2.52. The molecule has 0 bridgehead atoms. The Morgan fingerprint density at radius 3 is 2.10 bits per heavy atom. The minimum atomic E-state index is 0.181. The fraction of sp³-hybridized carbons (Fsp3) is 0.333. The average molecular weight is 269 g/mol. The first kappa shape index (κ1) is 14.6. The van der Waals surface area contributed by atoms with Crippen LogP contribution < -0.4 is 4.90 Å². The second-order valence-corrected chi connectivity index (χ2v) is 5.00. The SMILES string of the molecule is CCC(Cc1ccccc1)N(CCO)c1ccccc1. The standard InChI is InChI=1S/C18H23NO/c1-2-17(15-16-9-5-3-6-10-16)19(13-14-20)18-11-7-4-8-12-18/h3-12,17,20H,2,13-15H2,1H3. The molecule has 0 heterocycles. The van der Waals surface area contributed by atoms with Crippen LogP contribution in [0.15, 0.2) is 60.7 Å². The van der Waals surface area contributed by atoms with Crippen molar-refractivity contribution in [1.82, 2.24) is 0 Å². The van der Waals surface area contributed by atoms with E-state index in [2.05, 4.69) is 60.4 Å². The third-order valence-corrected chi connectivity index (χ3v) is 3.65. The Bertz CT molecular complexity index is 483. The van der Waals surface area contributed by atoms with E-state index in [1.807, 2.05) is 12.1 Å². The van der Waals surface area contributed by atoms with Gasteiger partial charge in [0.05, 0.1) is 6.61 Å². The Labute approximate surface area is 121 Å². The molecule has 0 aromatic heterocycles. The third-order valence-electron chi connectivity index (χ3n) is 3.65. The molecular weight excluding hydrogens is 246 g/mol. The van der Waals surface area contributed by atoms with Gasteiger partial charge in [-0.25, -0.2) is 0 Å². The lowest BCUT2D eigenvalue weighted by Gasteiger charge is -2.33. The molecule has 20 heavy (non-hydrogen) atoms. The van der Waals surface area contributed by atoms with Crippen molar-refractivity contribution < 1.29 is 5.11 Å². The number of nitrogens with zero attached hydrogens (tertiary/aromatic N) is 1. The zero-order valence-electron chi connectivity index (χ0n) is 12.1. The maximum Gasteiger partial charge on any atom is 0.0606 e. The predicted octanol–water partition coefficient (Wildman–Crippen LogP) is 3.51.